The number of carboxylic acids is 1. The van der Waals surface area contributed by atoms with Crippen molar-refractivity contribution >= 4 is 58.7 Å². The van der Waals surface area contributed by atoms with E-state index in [-0.39, 0.29) is 26.2 Å². The third kappa shape index (κ3) is 3.78. The zero-order chi connectivity index (χ0) is 17.9. The molecule has 0 radical (unpaired) electrons. The van der Waals surface area contributed by atoms with Crippen LogP contribution in [0.25, 0.3) is 0 Å². The summed E-state index contributed by atoms with van der Waals surface area (Å²) in [5.74, 6) is -1.28. The Kier molecular flexibility index (Phi) is 5.66. The maximum Gasteiger partial charge on any atom is 0.335 e. The highest BCUT2D eigenvalue weighted by Gasteiger charge is 2.21. The summed E-state index contributed by atoms with van der Waals surface area (Å²) in [6.45, 7) is 0. The van der Waals surface area contributed by atoms with Crippen molar-refractivity contribution in [3.8, 4) is 0 Å². The number of benzene rings is 2. The van der Waals surface area contributed by atoms with Gasteiger partial charge in [-0.25, -0.2) is 4.79 Å². The van der Waals surface area contributed by atoms with Crippen molar-refractivity contribution in [3.63, 3.8) is 0 Å². The lowest BCUT2D eigenvalue weighted by molar-refractivity contribution is -0.387. The number of rotatable bonds is 6. The van der Waals surface area contributed by atoms with Gasteiger partial charge in [0.2, 0.25) is 6.41 Å². The molecule has 2 aromatic rings. The summed E-state index contributed by atoms with van der Waals surface area (Å²) in [7, 11) is 0. The molecule has 0 unspecified atom stereocenters. The molecule has 0 atom stereocenters. The van der Waals surface area contributed by atoms with Crippen molar-refractivity contribution in [1.29, 1.82) is 0 Å². The van der Waals surface area contributed by atoms with Crippen molar-refractivity contribution in [3.05, 3.63) is 56.1 Å². The minimum absolute atomic E-state index is 0.156. The van der Waals surface area contributed by atoms with E-state index in [1.807, 2.05) is 0 Å². The average molecular weight is 387 g/mol. The normalized spacial score (nSPS) is 10.2. The number of carbonyl (C=O) groups excluding carboxylic acids is 1. The molecule has 0 fully saturated rings. The van der Waals surface area contributed by atoms with Gasteiger partial charge in [-0.3, -0.25) is 14.9 Å². The molecule has 0 aromatic heterocycles. The van der Waals surface area contributed by atoms with Crippen molar-refractivity contribution in [2.45, 2.75) is 9.79 Å². The number of carbonyl (C=O) groups is 2. The van der Waals surface area contributed by atoms with Crippen molar-refractivity contribution in [2.24, 2.45) is 0 Å². The number of aromatic carboxylic acids is 1. The van der Waals surface area contributed by atoms with Gasteiger partial charge in [0.25, 0.3) is 5.69 Å². The van der Waals surface area contributed by atoms with Crippen LogP contribution >= 0.6 is 35.0 Å². The van der Waals surface area contributed by atoms with E-state index < -0.39 is 16.6 Å². The first-order valence-electron chi connectivity index (χ1n) is 6.23. The molecule has 0 saturated heterocycles. The van der Waals surface area contributed by atoms with Gasteiger partial charge in [0.1, 0.15) is 0 Å². The number of halogens is 2. The minimum Gasteiger partial charge on any atom is -0.478 e. The number of nitrogens with one attached hydrogen (secondary N) is 1. The molecule has 2 rings (SSSR count). The lowest BCUT2D eigenvalue weighted by Gasteiger charge is -2.12. The summed E-state index contributed by atoms with van der Waals surface area (Å²) in [5, 5.41) is 23.0. The molecule has 2 aromatic carbocycles. The van der Waals surface area contributed by atoms with Crippen LogP contribution in [-0.2, 0) is 4.79 Å². The molecule has 10 heteroatoms. The van der Waals surface area contributed by atoms with Gasteiger partial charge < -0.3 is 10.4 Å². The molecule has 2 N–H and O–H groups in total. The molecular formula is C14H8Cl2N2O5S. The number of nitrogens with zero attached hydrogens (tertiary/aromatic N) is 1. The summed E-state index contributed by atoms with van der Waals surface area (Å²) >= 11 is 13.0. The Bertz CT molecular complexity index is 844. The Morgan fingerprint density at radius 3 is 2.50 bits per heavy atom. The van der Waals surface area contributed by atoms with E-state index in [0.29, 0.717) is 11.3 Å². The summed E-state index contributed by atoms with van der Waals surface area (Å²) in [5.41, 5.74) is -0.400. The highest BCUT2D eigenvalue weighted by Crippen LogP contribution is 2.44. The van der Waals surface area contributed by atoms with Gasteiger partial charge in [-0.2, -0.15) is 0 Å². The van der Waals surface area contributed by atoms with E-state index in [0.717, 1.165) is 17.8 Å². The second-order valence-electron chi connectivity index (χ2n) is 4.34. The van der Waals surface area contributed by atoms with Crippen molar-refractivity contribution in [1.82, 2.24) is 0 Å². The zero-order valence-electron chi connectivity index (χ0n) is 11.7. The second-order valence-corrected chi connectivity index (χ2v) is 6.21. The standard InChI is InChI=1S/C14H8Cl2N2O5S/c15-8-2-3-9(16)13(12(8)17-6-19)24-11-4-1-7(14(20)21)5-10(11)18(22)23/h1-6H,(H,17,19)(H,20,21). The predicted molar refractivity (Wildman–Crippen MR) is 90.3 cm³/mol. The van der Waals surface area contributed by atoms with Crippen molar-refractivity contribution in [2.75, 3.05) is 5.32 Å². The Labute approximate surface area is 149 Å². The van der Waals surface area contributed by atoms with Crippen molar-refractivity contribution < 1.29 is 19.6 Å². The highest BCUT2D eigenvalue weighted by atomic mass is 35.5. The van der Waals surface area contributed by atoms with E-state index in [1.165, 1.54) is 24.3 Å². The zero-order valence-corrected chi connectivity index (χ0v) is 14.0. The first-order valence-corrected chi connectivity index (χ1v) is 7.80. The summed E-state index contributed by atoms with van der Waals surface area (Å²) in [4.78, 5) is 32.7. The predicted octanol–water partition coefficient (Wildman–Crippen LogP) is 4.32. The third-order valence-electron chi connectivity index (χ3n) is 2.88. The molecule has 0 aliphatic carbocycles. The molecule has 0 aliphatic heterocycles. The van der Waals surface area contributed by atoms with Gasteiger partial charge in [-0.15, -0.1) is 0 Å². The van der Waals surface area contributed by atoms with E-state index >= 15 is 0 Å². The Morgan fingerprint density at radius 1 is 1.25 bits per heavy atom. The van der Waals surface area contributed by atoms with Crippen LogP contribution in [0.15, 0.2) is 40.1 Å². The van der Waals surface area contributed by atoms with E-state index in [1.54, 1.807) is 0 Å². The maximum absolute atomic E-state index is 11.2. The highest BCUT2D eigenvalue weighted by molar-refractivity contribution is 7.99. The number of carboxylic acid groups (broad SMARTS) is 1. The van der Waals surface area contributed by atoms with Crippen LogP contribution in [0.2, 0.25) is 10.0 Å². The van der Waals surface area contributed by atoms with Crippen LogP contribution in [-0.4, -0.2) is 22.4 Å². The molecule has 7 nitrogen and oxygen atoms in total. The SMILES string of the molecule is O=CNc1c(Cl)ccc(Cl)c1Sc1ccc(C(=O)O)cc1[N+](=O)[O-]. The van der Waals surface area contributed by atoms with Crippen LogP contribution in [0, 0.1) is 10.1 Å². The maximum atomic E-state index is 11.2. The second kappa shape index (κ2) is 7.52. The Morgan fingerprint density at radius 2 is 1.92 bits per heavy atom. The molecule has 1 amide bonds. The van der Waals surface area contributed by atoms with Crippen LogP contribution in [0.4, 0.5) is 11.4 Å². The third-order valence-corrected chi connectivity index (χ3v) is 4.81. The van der Waals surface area contributed by atoms with E-state index in [2.05, 4.69) is 5.32 Å². The van der Waals surface area contributed by atoms with Gasteiger partial charge >= 0.3 is 5.97 Å². The smallest absolute Gasteiger partial charge is 0.335 e. The molecule has 124 valence electrons. The number of anilines is 1. The molecular weight excluding hydrogens is 379 g/mol. The minimum atomic E-state index is -1.28. The fourth-order valence-corrected chi connectivity index (χ4v) is 3.39. The van der Waals surface area contributed by atoms with Gasteiger partial charge in [0.05, 0.1) is 36.0 Å². The lowest BCUT2D eigenvalue weighted by Crippen LogP contribution is -2.00. The van der Waals surface area contributed by atoms with Gasteiger partial charge in [0, 0.05) is 6.07 Å². The molecule has 24 heavy (non-hydrogen) atoms. The fraction of sp³-hybridized carbons (Fsp3) is 0. The Balaban J connectivity index is 2.56. The first kappa shape index (κ1) is 18.1. The first-order chi connectivity index (χ1) is 11.3. The average Bonchev–Trinajstić information content (AvgIpc) is 2.54. The number of amides is 1. The van der Waals surface area contributed by atoms with Gasteiger partial charge in [0.15, 0.2) is 0 Å². The number of nitro benzene ring substituents is 1. The number of hydrogen-bond donors (Lipinski definition) is 2. The number of hydrogen-bond acceptors (Lipinski definition) is 5. The van der Waals surface area contributed by atoms with Gasteiger partial charge in [-0.1, -0.05) is 35.0 Å². The summed E-state index contributed by atoms with van der Waals surface area (Å²) in [6, 6.07) is 6.45. The quantitative estimate of drug-likeness (QED) is 0.434. The van der Waals surface area contributed by atoms with Crippen LogP contribution in [0.3, 0.4) is 0 Å². The molecule has 0 saturated carbocycles. The molecule has 0 spiro atoms. The van der Waals surface area contributed by atoms with Crippen LogP contribution < -0.4 is 5.32 Å². The van der Waals surface area contributed by atoms with Gasteiger partial charge in [-0.05, 0) is 24.3 Å². The number of nitro groups is 1. The molecule has 0 heterocycles. The van der Waals surface area contributed by atoms with Crippen LogP contribution in [0.1, 0.15) is 10.4 Å². The molecule has 0 aliphatic rings. The summed E-state index contributed by atoms with van der Waals surface area (Å²) < 4.78 is 0. The molecule has 0 bridgehead atoms. The topological polar surface area (TPSA) is 110 Å². The van der Waals surface area contributed by atoms with Crippen LogP contribution in [0.5, 0.6) is 0 Å². The summed E-state index contributed by atoms with van der Waals surface area (Å²) in [6.07, 6.45) is 0.406. The lowest BCUT2D eigenvalue weighted by atomic mass is 10.2. The van der Waals surface area contributed by atoms with E-state index in [9.17, 15) is 19.7 Å². The van der Waals surface area contributed by atoms with E-state index in [4.69, 9.17) is 28.3 Å². The largest absolute Gasteiger partial charge is 0.478 e. The Hall–Kier alpha value is -2.29. The monoisotopic (exact) mass is 386 g/mol. The fourth-order valence-electron chi connectivity index (χ4n) is 1.82.